The number of piperidine rings is 1. The van der Waals surface area contributed by atoms with E-state index in [9.17, 15) is 10.4 Å². The highest BCUT2D eigenvalue weighted by Crippen LogP contribution is 2.37. The molecule has 1 atom stereocenters. The lowest BCUT2D eigenvalue weighted by Crippen LogP contribution is -2.29. The van der Waals surface area contributed by atoms with Crippen LogP contribution in [-0.4, -0.2) is 56.8 Å². The van der Waals surface area contributed by atoms with E-state index < -0.39 is 6.10 Å². The van der Waals surface area contributed by atoms with E-state index in [4.69, 9.17) is 24.0 Å². The number of pyridine rings is 2. The van der Waals surface area contributed by atoms with Gasteiger partial charge in [-0.25, -0.2) is 9.97 Å². The number of hydrogen-bond donors (Lipinski definition) is 3. The Kier molecular flexibility index (Phi) is 11.4. The van der Waals surface area contributed by atoms with Crippen LogP contribution in [0.2, 0.25) is 0 Å². The van der Waals surface area contributed by atoms with Crippen LogP contribution in [-0.2, 0) is 22.7 Å². The highest BCUT2D eigenvalue weighted by Gasteiger charge is 2.19. The number of aliphatic hydroxyl groups excluding tert-OH is 1. The van der Waals surface area contributed by atoms with Gasteiger partial charge in [0.15, 0.2) is 11.4 Å². The predicted octanol–water partition coefficient (Wildman–Crippen LogP) is 7.21. The quantitative estimate of drug-likeness (QED) is 0.133. The summed E-state index contributed by atoms with van der Waals surface area (Å²) in [6, 6.07) is 22.7. The number of aromatic nitrogens is 3. The Hall–Kier alpha value is -5.76. The first-order chi connectivity index (χ1) is 25.3. The summed E-state index contributed by atoms with van der Waals surface area (Å²) in [6.45, 7) is 10.1. The minimum absolute atomic E-state index is 0.250. The van der Waals surface area contributed by atoms with Gasteiger partial charge in [0.1, 0.15) is 17.1 Å². The fraction of sp³-hybridized carbons (Fsp3) is 0.293. The van der Waals surface area contributed by atoms with Crippen molar-refractivity contribution in [3.63, 3.8) is 0 Å². The van der Waals surface area contributed by atoms with E-state index in [1.54, 1.807) is 6.92 Å². The number of fused-ring (bicyclic) bond motifs is 2. The minimum Gasteiger partial charge on any atom is -0.435 e. The zero-order valence-electron chi connectivity index (χ0n) is 29.6. The SMILES string of the molecule is Cc1c(Nc2nccc3cc(CN4CCCCC4)cnc23)cccc1-c1cccc(-c2nc3cc(CNC[C@H](C)O)cc(C#N)c3o2)c1C.O=C=O. The first-order valence-corrected chi connectivity index (χ1v) is 17.4. The van der Waals surface area contributed by atoms with Crippen LogP contribution in [0, 0.1) is 25.2 Å². The maximum Gasteiger partial charge on any atom is 0.373 e. The summed E-state index contributed by atoms with van der Waals surface area (Å²) >= 11 is 0. The highest BCUT2D eigenvalue weighted by molar-refractivity contribution is 5.91. The molecule has 11 nitrogen and oxygen atoms in total. The van der Waals surface area contributed by atoms with Gasteiger partial charge in [-0.15, -0.1) is 0 Å². The number of anilines is 2. The van der Waals surface area contributed by atoms with Gasteiger partial charge in [-0.3, -0.25) is 9.88 Å². The zero-order chi connectivity index (χ0) is 36.6. The molecule has 3 N–H and O–H groups in total. The second-order valence-corrected chi connectivity index (χ2v) is 13.2. The number of hydrogen-bond acceptors (Lipinski definition) is 11. The van der Waals surface area contributed by atoms with Crippen molar-refractivity contribution in [2.75, 3.05) is 25.0 Å². The number of rotatable bonds is 10. The Labute approximate surface area is 302 Å². The van der Waals surface area contributed by atoms with Gasteiger partial charge in [0.05, 0.1) is 11.7 Å². The first-order valence-electron chi connectivity index (χ1n) is 17.4. The summed E-state index contributed by atoms with van der Waals surface area (Å²) in [7, 11) is 0. The molecular formula is C41H41N7O4. The Morgan fingerprint density at radius 3 is 2.42 bits per heavy atom. The molecule has 0 radical (unpaired) electrons. The second kappa shape index (κ2) is 16.5. The van der Waals surface area contributed by atoms with Gasteiger partial charge in [0.25, 0.3) is 0 Å². The Morgan fingerprint density at radius 2 is 1.67 bits per heavy atom. The topological polar surface area (TPSA) is 157 Å². The lowest BCUT2D eigenvalue weighted by molar-refractivity contribution is -0.191. The lowest BCUT2D eigenvalue weighted by Gasteiger charge is -2.26. The maximum atomic E-state index is 9.88. The standard InChI is InChI=1S/C40H41N7O2.CO2/c1-25(48)21-42-22-28-17-31(20-41)38-36(19-28)46-40(49-38)34-11-7-9-32(26(34)2)33-10-8-12-35(27(33)3)45-39-37-30(13-14-43-39)18-29(23-44-37)24-47-15-5-4-6-16-47;2-1-3/h7-14,17-19,23,25,42,48H,4-6,15-16,21-22,24H2,1-3H3,(H,43,45);/t25-;/m0./s1. The predicted molar refractivity (Wildman–Crippen MR) is 199 cm³/mol. The number of nitrogens with zero attached hydrogens (tertiary/aromatic N) is 5. The monoisotopic (exact) mass is 695 g/mol. The van der Waals surface area contributed by atoms with Crippen molar-refractivity contribution in [1.29, 1.82) is 5.26 Å². The summed E-state index contributed by atoms with van der Waals surface area (Å²) in [5, 5.41) is 27.3. The summed E-state index contributed by atoms with van der Waals surface area (Å²) in [5.41, 5.74) is 10.6. The number of aliphatic hydroxyl groups is 1. The minimum atomic E-state index is -0.456. The normalized spacial score (nSPS) is 13.6. The number of nitriles is 1. The molecule has 1 fully saturated rings. The van der Waals surface area contributed by atoms with Crippen LogP contribution in [0.15, 0.2) is 77.5 Å². The Balaban J connectivity index is 0.00000150. The molecule has 52 heavy (non-hydrogen) atoms. The van der Waals surface area contributed by atoms with Crippen molar-refractivity contribution in [2.45, 2.75) is 59.2 Å². The largest absolute Gasteiger partial charge is 0.435 e. The maximum absolute atomic E-state index is 9.88. The molecule has 7 rings (SSSR count). The molecule has 3 aromatic carbocycles. The molecule has 0 spiro atoms. The fourth-order valence-corrected chi connectivity index (χ4v) is 6.83. The molecule has 264 valence electrons. The van der Waals surface area contributed by atoms with Crippen LogP contribution in [0.4, 0.5) is 11.5 Å². The van der Waals surface area contributed by atoms with Gasteiger partial charge < -0.3 is 20.2 Å². The van der Waals surface area contributed by atoms with Crippen molar-refractivity contribution in [2.24, 2.45) is 0 Å². The van der Waals surface area contributed by atoms with E-state index in [1.807, 2.05) is 42.7 Å². The Morgan fingerprint density at radius 1 is 0.942 bits per heavy atom. The summed E-state index contributed by atoms with van der Waals surface area (Å²) in [5.74, 6) is 1.20. The molecule has 3 aromatic heterocycles. The lowest BCUT2D eigenvalue weighted by atomic mass is 9.93. The van der Waals surface area contributed by atoms with Crippen LogP contribution < -0.4 is 10.6 Å². The molecule has 1 saturated heterocycles. The van der Waals surface area contributed by atoms with Gasteiger partial charge in [-0.05, 0) is 116 Å². The second-order valence-electron chi connectivity index (χ2n) is 13.2. The molecular weight excluding hydrogens is 654 g/mol. The molecule has 4 heterocycles. The van der Waals surface area contributed by atoms with E-state index in [0.29, 0.717) is 35.6 Å². The highest BCUT2D eigenvalue weighted by atomic mass is 16.3. The zero-order valence-corrected chi connectivity index (χ0v) is 29.6. The third-order valence-corrected chi connectivity index (χ3v) is 9.39. The Bertz CT molecular complexity index is 2280. The van der Waals surface area contributed by atoms with Crippen LogP contribution in [0.3, 0.4) is 0 Å². The molecule has 0 unspecified atom stereocenters. The number of oxazole rings is 1. The molecule has 1 aliphatic rings. The molecule has 0 amide bonds. The van der Waals surface area contributed by atoms with Crippen molar-refractivity contribution in [1.82, 2.24) is 25.2 Å². The number of likely N-dealkylation sites (tertiary alicyclic amines) is 1. The van der Waals surface area contributed by atoms with Crippen LogP contribution >= 0.6 is 0 Å². The summed E-state index contributed by atoms with van der Waals surface area (Å²) < 4.78 is 6.25. The number of carbonyl (C=O) groups excluding carboxylic acids is 2. The molecule has 0 bridgehead atoms. The van der Waals surface area contributed by atoms with E-state index in [1.165, 1.54) is 24.8 Å². The fourth-order valence-electron chi connectivity index (χ4n) is 6.83. The average Bonchev–Trinajstić information content (AvgIpc) is 3.57. The van der Waals surface area contributed by atoms with Gasteiger partial charge in [0.2, 0.25) is 5.89 Å². The third kappa shape index (κ3) is 8.07. The van der Waals surface area contributed by atoms with Gasteiger partial charge >= 0.3 is 6.15 Å². The van der Waals surface area contributed by atoms with Crippen LogP contribution in [0.5, 0.6) is 0 Å². The van der Waals surface area contributed by atoms with Crippen molar-refractivity contribution in [3.8, 4) is 28.7 Å². The number of benzene rings is 3. The molecule has 0 saturated carbocycles. The molecule has 1 aliphatic heterocycles. The van der Waals surface area contributed by atoms with E-state index >= 15 is 0 Å². The average molecular weight is 696 g/mol. The molecule has 11 heteroatoms. The van der Waals surface area contributed by atoms with Crippen molar-refractivity contribution < 1.29 is 19.1 Å². The molecule has 0 aliphatic carbocycles. The van der Waals surface area contributed by atoms with Gasteiger partial charge in [-0.2, -0.15) is 14.9 Å². The van der Waals surface area contributed by atoms with E-state index in [2.05, 4.69) is 70.8 Å². The smallest absolute Gasteiger partial charge is 0.373 e. The van der Waals surface area contributed by atoms with Gasteiger partial charge in [0, 0.05) is 48.7 Å². The van der Waals surface area contributed by atoms with Crippen molar-refractivity contribution >= 4 is 39.7 Å². The summed E-state index contributed by atoms with van der Waals surface area (Å²) in [6.07, 6.45) is 7.50. The van der Waals surface area contributed by atoms with E-state index in [-0.39, 0.29) is 6.15 Å². The summed E-state index contributed by atoms with van der Waals surface area (Å²) in [4.78, 5) is 33.1. The third-order valence-electron chi connectivity index (χ3n) is 9.39. The number of nitrogens with one attached hydrogen (secondary N) is 2. The van der Waals surface area contributed by atoms with Crippen LogP contribution in [0.1, 0.15) is 54.0 Å². The first kappa shape index (κ1) is 36.0. The van der Waals surface area contributed by atoms with Crippen molar-refractivity contribution in [3.05, 3.63) is 101 Å². The molecule has 6 aromatic rings. The van der Waals surface area contributed by atoms with Gasteiger partial charge in [-0.1, -0.05) is 30.7 Å². The van der Waals surface area contributed by atoms with Crippen LogP contribution in [0.25, 0.3) is 44.6 Å². The van der Waals surface area contributed by atoms with E-state index in [0.717, 1.165) is 75.4 Å².